The molecule has 1 fully saturated rings. The second-order valence-corrected chi connectivity index (χ2v) is 7.05. The van der Waals surface area contributed by atoms with Crippen molar-refractivity contribution in [1.29, 1.82) is 0 Å². The van der Waals surface area contributed by atoms with E-state index in [-0.39, 0.29) is 0 Å². The molecular formula is C23H31N3O3. The van der Waals surface area contributed by atoms with Crippen molar-refractivity contribution in [3.63, 3.8) is 0 Å². The zero-order valence-electron chi connectivity index (χ0n) is 17.6. The number of likely N-dealkylation sites (tertiary alicyclic amines) is 1. The highest BCUT2D eigenvalue weighted by molar-refractivity contribution is 5.93. The van der Waals surface area contributed by atoms with Gasteiger partial charge in [-0.3, -0.25) is 4.99 Å². The van der Waals surface area contributed by atoms with Crippen LogP contribution < -0.4 is 19.5 Å². The molecule has 3 rings (SSSR count). The summed E-state index contributed by atoms with van der Waals surface area (Å²) >= 11 is 0. The summed E-state index contributed by atoms with van der Waals surface area (Å²) in [5.74, 6) is 3.28. The van der Waals surface area contributed by atoms with Gasteiger partial charge in [-0.2, -0.15) is 0 Å². The Labute approximate surface area is 173 Å². The van der Waals surface area contributed by atoms with Crippen LogP contribution in [0.2, 0.25) is 0 Å². The van der Waals surface area contributed by atoms with Crippen molar-refractivity contribution in [3.05, 3.63) is 48.0 Å². The number of nitrogens with one attached hydrogen (secondary N) is 1. The Kier molecular flexibility index (Phi) is 7.61. The topological polar surface area (TPSA) is 55.3 Å². The third-order valence-electron chi connectivity index (χ3n) is 5.11. The summed E-state index contributed by atoms with van der Waals surface area (Å²) in [6.07, 6.45) is 4.54. The van der Waals surface area contributed by atoms with Crippen LogP contribution in [0.3, 0.4) is 0 Å². The van der Waals surface area contributed by atoms with E-state index in [0.29, 0.717) is 6.54 Å². The van der Waals surface area contributed by atoms with Gasteiger partial charge in [-0.1, -0.05) is 6.07 Å². The predicted molar refractivity (Wildman–Crippen MR) is 118 cm³/mol. The van der Waals surface area contributed by atoms with Crippen LogP contribution in [0.25, 0.3) is 0 Å². The number of anilines is 1. The van der Waals surface area contributed by atoms with Crippen LogP contribution in [0.4, 0.5) is 5.69 Å². The fourth-order valence-corrected chi connectivity index (χ4v) is 3.45. The molecule has 0 spiro atoms. The second-order valence-electron chi connectivity index (χ2n) is 7.05. The van der Waals surface area contributed by atoms with Crippen molar-refractivity contribution in [2.45, 2.75) is 25.7 Å². The number of rotatable bonds is 7. The molecule has 2 aromatic carbocycles. The van der Waals surface area contributed by atoms with E-state index in [1.54, 1.807) is 21.3 Å². The highest BCUT2D eigenvalue weighted by atomic mass is 16.5. The van der Waals surface area contributed by atoms with Crippen LogP contribution in [0.5, 0.6) is 17.2 Å². The SMILES string of the molecule is COc1ccc(NC(=NCCc2ccc(OC)c(OC)c2)N2CCCCC2)cc1. The lowest BCUT2D eigenvalue weighted by Gasteiger charge is -2.30. The van der Waals surface area contributed by atoms with Crippen LogP contribution in [0, 0.1) is 0 Å². The zero-order valence-corrected chi connectivity index (χ0v) is 17.6. The fourth-order valence-electron chi connectivity index (χ4n) is 3.45. The van der Waals surface area contributed by atoms with E-state index in [9.17, 15) is 0 Å². The third kappa shape index (κ3) is 5.79. The number of hydrogen-bond donors (Lipinski definition) is 1. The minimum Gasteiger partial charge on any atom is -0.497 e. The molecule has 156 valence electrons. The standard InChI is InChI=1S/C23H31N3O3/c1-27-20-10-8-19(9-11-20)25-23(26-15-5-4-6-16-26)24-14-13-18-7-12-21(28-2)22(17-18)29-3/h7-12,17H,4-6,13-16H2,1-3H3,(H,24,25). The molecule has 1 saturated heterocycles. The first kappa shape index (κ1) is 20.8. The molecule has 6 nitrogen and oxygen atoms in total. The summed E-state index contributed by atoms with van der Waals surface area (Å²) in [6, 6.07) is 14.0. The predicted octanol–water partition coefficient (Wildman–Crippen LogP) is 4.21. The Balaban J connectivity index is 1.70. The zero-order chi connectivity index (χ0) is 20.5. The van der Waals surface area contributed by atoms with Gasteiger partial charge in [0, 0.05) is 25.3 Å². The van der Waals surface area contributed by atoms with E-state index in [2.05, 4.69) is 16.3 Å². The normalized spacial score (nSPS) is 14.4. The number of benzene rings is 2. The van der Waals surface area contributed by atoms with E-state index in [1.165, 1.54) is 24.8 Å². The number of guanidine groups is 1. The van der Waals surface area contributed by atoms with Gasteiger partial charge in [0.1, 0.15) is 5.75 Å². The molecule has 1 aliphatic rings. The Morgan fingerprint density at radius 2 is 1.62 bits per heavy atom. The smallest absolute Gasteiger partial charge is 0.198 e. The molecule has 2 aromatic rings. The average molecular weight is 398 g/mol. The minimum absolute atomic E-state index is 0.699. The largest absolute Gasteiger partial charge is 0.497 e. The van der Waals surface area contributed by atoms with Gasteiger partial charge in [-0.05, 0) is 67.6 Å². The number of aliphatic imine (C=N–C) groups is 1. The first-order valence-electron chi connectivity index (χ1n) is 10.1. The van der Waals surface area contributed by atoms with Crippen LogP contribution >= 0.6 is 0 Å². The maximum atomic E-state index is 5.41. The summed E-state index contributed by atoms with van der Waals surface area (Å²) in [6.45, 7) is 2.78. The van der Waals surface area contributed by atoms with Crippen LogP contribution in [0.1, 0.15) is 24.8 Å². The van der Waals surface area contributed by atoms with Gasteiger partial charge in [0.05, 0.1) is 21.3 Å². The monoisotopic (exact) mass is 397 g/mol. The van der Waals surface area contributed by atoms with Crippen molar-refractivity contribution in [1.82, 2.24) is 4.90 Å². The number of piperidine rings is 1. The molecule has 0 radical (unpaired) electrons. The average Bonchev–Trinajstić information content (AvgIpc) is 2.79. The highest BCUT2D eigenvalue weighted by Crippen LogP contribution is 2.27. The number of ether oxygens (including phenoxy) is 3. The molecule has 0 saturated carbocycles. The summed E-state index contributed by atoms with van der Waals surface area (Å²) in [5.41, 5.74) is 2.19. The molecule has 0 aliphatic carbocycles. The van der Waals surface area contributed by atoms with E-state index in [4.69, 9.17) is 19.2 Å². The van der Waals surface area contributed by atoms with Crippen molar-refractivity contribution < 1.29 is 14.2 Å². The van der Waals surface area contributed by atoms with Crippen molar-refractivity contribution >= 4 is 11.6 Å². The maximum Gasteiger partial charge on any atom is 0.198 e. The number of methoxy groups -OCH3 is 3. The third-order valence-corrected chi connectivity index (χ3v) is 5.11. The van der Waals surface area contributed by atoms with E-state index >= 15 is 0 Å². The van der Waals surface area contributed by atoms with E-state index in [0.717, 1.165) is 48.4 Å². The molecule has 0 bridgehead atoms. The molecule has 0 unspecified atom stereocenters. The van der Waals surface area contributed by atoms with Crippen LogP contribution in [-0.4, -0.2) is 51.8 Å². The highest BCUT2D eigenvalue weighted by Gasteiger charge is 2.15. The molecular weight excluding hydrogens is 366 g/mol. The Bertz CT molecular complexity index is 800. The van der Waals surface area contributed by atoms with E-state index < -0.39 is 0 Å². The van der Waals surface area contributed by atoms with Gasteiger partial charge in [-0.15, -0.1) is 0 Å². The Morgan fingerprint density at radius 3 is 2.28 bits per heavy atom. The van der Waals surface area contributed by atoms with Crippen LogP contribution in [0.15, 0.2) is 47.5 Å². The number of hydrogen-bond acceptors (Lipinski definition) is 4. The quantitative estimate of drug-likeness (QED) is 0.560. The molecule has 1 heterocycles. The lowest BCUT2D eigenvalue weighted by molar-refractivity contribution is 0.340. The molecule has 1 aliphatic heterocycles. The van der Waals surface area contributed by atoms with Crippen molar-refractivity contribution in [2.24, 2.45) is 4.99 Å². The maximum absolute atomic E-state index is 5.41. The summed E-state index contributed by atoms with van der Waals surface area (Å²) < 4.78 is 16.0. The fraction of sp³-hybridized carbons (Fsp3) is 0.435. The number of nitrogens with zero attached hydrogens (tertiary/aromatic N) is 2. The van der Waals surface area contributed by atoms with Crippen molar-refractivity contribution in [2.75, 3.05) is 46.3 Å². The molecule has 29 heavy (non-hydrogen) atoms. The van der Waals surface area contributed by atoms with E-state index in [1.807, 2.05) is 36.4 Å². The molecule has 6 heteroatoms. The molecule has 1 N–H and O–H groups in total. The van der Waals surface area contributed by atoms with Gasteiger partial charge < -0.3 is 24.4 Å². The Hall–Kier alpha value is -2.89. The van der Waals surface area contributed by atoms with Gasteiger partial charge in [-0.25, -0.2) is 0 Å². The molecule has 0 atom stereocenters. The van der Waals surface area contributed by atoms with Gasteiger partial charge >= 0.3 is 0 Å². The van der Waals surface area contributed by atoms with Gasteiger partial charge in [0.15, 0.2) is 17.5 Å². The van der Waals surface area contributed by atoms with Crippen LogP contribution in [-0.2, 0) is 6.42 Å². The van der Waals surface area contributed by atoms with Gasteiger partial charge in [0.25, 0.3) is 0 Å². The first-order chi connectivity index (χ1) is 14.2. The van der Waals surface area contributed by atoms with Gasteiger partial charge in [0.2, 0.25) is 0 Å². The lowest BCUT2D eigenvalue weighted by Crippen LogP contribution is -2.40. The lowest BCUT2D eigenvalue weighted by atomic mass is 10.1. The molecule has 0 aromatic heterocycles. The summed E-state index contributed by atoms with van der Waals surface area (Å²) in [7, 11) is 4.99. The second kappa shape index (κ2) is 10.6. The summed E-state index contributed by atoms with van der Waals surface area (Å²) in [4.78, 5) is 7.26. The molecule has 0 amide bonds. The Morgan fingerprint density at radius 1 is 0.897 bits per heavy atom. The van der Waals surface area contributed by atoms with Crippen molar-refractivity contribution in [3.8, 4) is 17.2 Å². The minimum atomic E-state index is 0.699. The first-order valence-corrected chi connectivity index (χ1v) is 10.1. The summed E-state index contributed by atoms with van der Waals surface area (Å²) in [5, 5.41) is 3.50.